The summed E-state index contributed by atoms with van der Waals surface area (Å²) >= 11 is 6.25. The molecule has 0 unspecified atom stereocenters. The summed E-state index contributed by atoms with van der Waals surface area (Å²) in [6.07, 6.45) is 2.97. The molecule has 1 aromatic heterocycles. The molecule has 2 aromatic rings. The standard InChI is InChI=1S/C17H21ClN2O3/c1-3-4-5-15-19-16(18)14(11-23-2)20(15)10-12-6-8-13(9-7-12)17(21)22/h6-9H,3-5,10-11H2,1-2H3,(H,21,22). The largest absolute Gasteiger partial charge is 0.478 e. The van der Waals surface area contributed by atoms with E-state index in [-0.39, 0.29) is 5.56 Å². The Morgan fingerprint density at radius 2 is 2.04 bits per heavy atom. The summed E-state index contributed by atoms with van der Waals surface area (Å²) in [5.41, 5.74) is 2.13. The van der Waals surface area contributed by atoms with Gasteiger partial charge in [-0.05, 0) is 24.1 Å². The number of ether oxygens (including phenoxy) is 1. The SMILES string of the molecule is CCCCc1nc(Cl)c(COC)n1Cc1ccc(C(=O)O)cc1. The van der Waals surface area contributed by atoms with Crippen LogP contribution >= 0.6 is 11.6 Å². The van der Waals surface area contributed by atoms with Crippen LogP contribution < -0.4 is 0 Å². The highest BCUT2D eigenvalue weighted by Gasteiger charge is 2.16. The number of carboxylic acid groups (broad SMARTS) is 1. The quantitative estimate of drug-likeness (QED) is 0.797. The molecular formula is C17H21ClN2O3. The number of aromatic carboxylic acids is 1. The van der Waals surface area contributed by atoms with Gasteiger partial charge in [-0.3, -0.25) is 0 Å². The van der Waals surface area contributed by atoms with Crippen LogP contribution in [0.5, 0.6) is 0 Å². The van der Waals surface area contributed by atoms with Gasteiger partial charge in [0.1, 0.15) is 5.82 Å². The Morgan fingerprint density at radius 3 is 2.61 bits per heavy atom. The molecule has 0 fully saturated rings. The molecule has 0 aliphatic heterocycles. The summed E-state index contributed by atoms with van der Waals surface area (Å²) in [7, 11) is 1.63. The van der Waals surface area contributed by atoms with Crippen LogP contribution in [0.1, 0.15) is 47.2 Å². The van der Waals surface area contributed by atoms with Crippen molar-refractivity contribution in [1.29, 1.82) is 0 Å². The zero-order valence-electron chi connectivity index (χ0n) is 13.4. The molecule has 0 spiro atoms. The Morgan fingerprint density at radius 1 is 1.35 bits per heavy atom. The lowest BCUT2D eigenvalue weighted by Crippen LogP contribution is -2.10. The van der Waals surface area contributed by atoms with E-state index in [0.717, 1.165) is 36.3 Å². The van der Waals surface area contributed by atoms with Crippen LogP contribution in [0, 0.1) is 0 Å². The molecule has 6 heteroatoms. The van der Waals surface area contributed by atoms with E-state index >= 15 is 0 Å². The Bertz CT molecular complexity index is 665. The number of carbonyl (C=O) groups is 1. The maximum atomic E-state index is 10.9. The first-order chi connectivity index (χ1) is 11.1. The van der Waals surface area contributed by atoms with Crippen molar-refractivity contribution >= 4 is 17.6 Å². The fourth-order valence-corrected chi connectivity index (χ4v) is 2.68. The van der Waals surface area contributed by atoms with Crippen LogP contribution in [0.25, 0.3) is 0 Å². The predicted molar refractivity (Wildman–Crippen MR) is 89.1 cm³/mol. The molecule has 5 nitrogen and oxygen atoms in total. The number of unbranched alkanes of at least 4 members (excludes halogenated alkanes) is 1. The lowest BCUT2D eigenvalue weighted by atomic mass is 10.1. The first kappa shape index (κ1) is 17.5. The van der Waals surface area contributed by atoms with Gasteiger partial charge in [0.15, 0.2) is 5.15 Å². The highest BCUT2D eigenvalue weighted by Crippen LogP contribution is 2.21. The Kier molecular flexibility index (Phi) is 6.19. The van der Waals surface area contributed by atoms with Gasteiger partial charge in [0.2, 0.25) is 0 Å². The zero-order valence-corrected chi connectivity index (χ0v) is 14.1. The number of benzene rings is 1. The van der Waals surface area contributed by atoms with Crippen molar-refractivity contribution in [3.8, 4) is 0 Å². The second kappa shape index (κ2) is 8.13. The number of methoxy groups -OCH3 is 1. The lowest BCUT2D eigenvalue weighted by molar-refractivity contribution is 0.0697. The molecule has 0 saturated heterocycles. The van der Waals surface area contributed by atoms with Crippen molar-refractivity contribution in [1.82, 2.24) is 9.55 Å². The van der Waals surface area contributed by atoms with Crippen LogP contribution in [-0.4, -0.2) is 27.7 Å². The average Bonchev–Trinajstić information content (AvgIpc) is 2.82. The van der Waals surface area contributed by atoms with Gasteiger partial charge < -0.3 is 14.4 Å². The second-order valence-corrected chi connectivity index (χ2v) is 5.75. The molecule has 1 heterocycles. The third kappa shape index (κ3) is 4.33. The Hall–Kier alpha value is -1.85. The molecule has 0 radical (unpaired) electrons. The number of carboxylic acids is 1. The van der Waals surface area contributed by atoms with E-state index in [0.29, 0.717) is 18.3 Å². The van der Waals surface area contributed by atoms with Crippen LogP contribution in [0.2, 0.25) is 5.15 Å². The Labute approximate surface area is 140 Å². The molecule has 0 bridgehead atoms. The van der Waals surface area contributed by atoms with Crippen molar-refractivity contribution in [2.45, 2.75) is 39.3 Å². The van der Waals surface area contributed by atoms with Crippen molar-refractivity contribution < 1.29 is 14.6 Å². The van der Waals surface area contributed by atoms with E-state index in [4.69, 9.17) is 21.4 Å². The van der Waals surface area contributed by atoms with E-state index in [2.05, 4.69) is 16.5 Å². The smallest absolute Gasteiger partial charge is 0.335 e. The van der Waals surface area contributed by atoms with E-state index in [1.165, 1.54) is 0 Å². The molecule has 0 saturated carbocycles. The number of rotatable bonds is 8. The highest BCUT2D eigenvalue weighted by atomic mass is 35.5. The van der Waals surface area contributed by atoms with Gasteiger partial charge in [-0.2, -0.15) is 0 Å². The summed E-state index contributed by atoms with van der Waals surface area (Å²) in [6, 6.07) is 6.85. The summed E-state index contributed by atoms with van der Waals surface area (Å²) in [4.78, 5) is 15.4. The molecule has 0 amide bonds. The van der Waals surface area contributed by atoms with Crippen LogP contribution in [-0.2, 0) is 24.3 Å². The number of hydrogen-bond acceptors (Lipinski definition) is 3. The van der Waals surface area contributed by atoms with Gasteiger partial charge in [0, 0.05) is 20.1 Å². The fourth-order valence-electron chi connectivity index (χ4n) is 2.43. The second-order valence-electron chi connectivity index (χ2n) is 5.39. The fraction of sp³-hybridized carbons (Fsp3) is 0.412. The van der Waals surface area contributed by atoms with E-state index < -0.39 is 5.97 Å². The van der Waals surface area contributed by atoms with Gasteiger partial charge in [0.05, 0.1) is 17.9 Å². The molecule has 0 aliphatic carbocycles. The molecule has 1 aromatic carbocycles. The minimum Gasteiger partial charge on any atom is -0.478 e. The van der Waals surface area contributed by atoms with Crippen molar-refractivity contribution in [3.63, 3.8) is 0 Å². The molecule has 0 aliphatic rings. The number of hydrogen-bond donors (Lipinski definition) is 1. The zero-order chi connectivity index (χ0) is 16.8. The first-order valence-corrected chi connectivity index (χ1v) is 7.99. The van der Waals surface area contributed by atoms with Gasteiger partial charge in [-0.25, -0.2) is 9.78 Å². The summed E-state index contributed by atoms with van der Waals surface area (Å²) in [6.45, 7) is 3.12. The summed E-state index contributed by atoms with van der Waals surface area (Å²) < 4.78 is 7.30. The van der Waals surface area contributed by atoms with Gasteiger partial charge in [0.25, 0.3) is 0 Å². The molecule has 23 heavy (non-hydrogen) atoms. The molecular weight excluding hydrogens is 316 g/mol. The van der Waals surface area contributed by atoms with Crippen molar-refractivity contribution in [3.05, 3.63) is 52.1 Å². The average molecular weight is 337 g/mol. The molecule has 1 N–H and O–H groups in total. The summed E-state index contributed by atoms with van der Waals surface area (Å²) in [5.74, 6) is 0.0112. The van der Waals surface area contributed by atoms with E-state index in [1.54, 1.807) is 19.2 Å². The predicted octanol–water partition coefficient (Wildman–Crippen LogP) is 3.77. The molecule has 124 valence electrons. The Balaban J connectivity index is 2.30. The van der Waals surface area contributed by atoms with Crippen molar-refractivity contribution in [2.75, 3.05) is 7.11 Å². The number of aromatic nitrogens is 2. The van der Waals surface area contributed by atoms with Crippen LogP contribution in [0.15, 0.2) is 24.3 Å². The number of halogens is 1. The minimum atomic E-state index is -0.925. The van der Waals surface area contributed by atoms with Crippen LogP contribution in [0.4, 0.5) is 0 Å². The molecule has 2 rings (SSSR count). The lowest BCUT2D eigenvalue weighted by Gasteiger charge is -2.12. The topological polar surface area (TPSA) is 64.4 Å². The molecule has 0 atom stereocenters. The van der Waals surface area contributed by atoms with E-state index in [9.17, 15) is 4.79 Å². The minimum absolute atomic E-state index is 0.278. The van der Waals surface area contributed by atoms with Gasteiger partial charge in [-0.1, -0.05) is 37.1 Å². The van der Waals surface area contributed by atoms with Crippen LogP contribution in [0.3, 0.4) is 0 Å². The first-order valence-electron chi connectivity index (χ1n) is 7.61. The van der Waals surface area contributed by atoms with Gasteiger partial charge >= 0.3 is 5.97 Å². The third-order valence-electron chi connectivity index (χ3n) is 3.68. The monoisotopic (exact) mass is 336 g/mol. The number of nitrogens with zero attached hydrogens (tertiary/aromatic N) is 2. The third-order valence-corrected chi connectivity index (χ3v) is 3.98. The summed E-state index contributed by atoms with van der Waals surface area (Å²) in [5, 5.41) is 9.45. The van der Waals surface area contributed by atoms with E-state index in [1.807, 2.05) is 12.1 Å². The maximum Gasteiger partial charge on any atom is 0.335 e. The number of aryl methyl sites for hydroxylation is 1. The normalized spacial score (nSPS) is 10.9. The number of imidazole rings is 1. The van der Waals surface area contributed by atoms with Gasteiger partial charge in [-0.15, -0.1) is 0 Å². The maximum absolute atomic E-state index is 10.9. The highest BCUT2D eigenvalue weighted by molar-refractivity contribution is 6.30. The van der Waals surface area contributed by atoms with Crippen molar-refractivity contribution in [2.24, 2.45) is 0 Å².